The van der Waals surface area contributed by atoms with Crippen molar-refractivity contribution in [2.24, 2.45) is 5.92 Å². The van der Waals surface area contributed by atoms with E-state index in [-0.39, 0.29) is 12.4 Å². The summed E-state index contributed by atoms with van der Waals surface area (Å²) in [5, 5.41) is 9.32. The minimum absolute atomic E-state index is 0.00385. The molecule has 0 amide bonds. The molecule has 1 atom stereocenters. The molecule has 0 rings (SSSR count). The minimum atomic E-state index is -0.877. The lowest BCUT2D eigenvalue weighted by atomic mass is 9.97. The van der Waals surface area contributed by atoms with Gasteiger partial charge in [0.25, 0.3) is 0 Å². The highest BCUT2D eigenvalue weighted by Gasteiger charge is 2.21. The van der Waals surface area contributed by atoms with Crippen molar-refractivity contribution in [2.75, 3.05) is 6.61 Å². The Labute approximate surface area is 230 Å². The maximum absolute atomic E-state index is 11.7. The molecule has 1 N–H and O–H groups in total. The fourth-order valence-electron chi connectivity index (χ4n) is 4.84. The Hall–Kier alpha value is -1.32. The first-order valence-electron chi connectivity index (χ1n) is 16.1. The summed E-state index contributed by atoms with van der Waals surface area (Å²) in [6.07, 6.45) is 35.1. The van der Waals surface area contributed by atoms with E-state index in [1.165, 1.54) is 122 Å². The van der Waals surface area contributed by atoms with E-state index in [4.69, 9.17) is 4.74 Å². The number of aliphatic carboxylic acids is 1. The van der Waals surface area contributed by atoms with Crippen molar-refractivity contribution < 1.29 is 19.4 Å². The minimum Gasteiger partial charge on any atom is -0.481 e. The summed E-state index contributed by atoms with van der Waals surface area (Å²) in [5.74, 6) is -1.86. The fourth-order valence-corrected chi connectivity index (χ4v) is 4.84. The lowest BCUT2D eigenvalue weighted by Crippen LogP contribution is -2.19. The zero-order chi connectivity index (χ0) is 27.2. The van der Waals surface area contributed by atoms with Crippen LogP contribution < -0.4 is 0 Å². The number of rotatable bonds is 29. The van der Waals surface area contributed by atoms with Crippen LogP contribution in [0.3, 0.4) is 0 Å². The zero-order valence-electron chi connectivity index (χ0n) is 24.8. The number of hydrogen-bond acceptors (Lipinski definition) is 3. The van der Waals surface area contributed by atoms with Gasteiger partial charge in [-0.1, -0.05) is 142 Å². The highest BCUT2D eigenvalue weighted by atomic mass is 16.5. The standard InChI is InChI=1S/C33H62O4/c1-3-5-6-7-8-9-10-11-12-13-14-15-16-17-18-19-20-21-22-23-24-25-26-27-28-31(33(35)36)30-32(34)37-29-4-2/h16-17,31H,3-15,18-30H2,1-2H3,(H,35,36)/b17-16+. The third-order valence-electron chi connectivity index (χ3n) is 7.29. The third-order valence-corrected chi connectivity index (χ3v) is 7.29. The van der Waals surface area contributed by atoms with Gasteiger partial charge in [0.2, 0.25) is 0 Å². The summed E-state index contributed by atoms with van der Waals surface area (Å²) in [5.41, 5.74) is 0. The average Bonchev–Trinajstić information content (AvgIpc) is 2.89. The molecule has 37 heavy (non-hydrogen) atoms. The first kappa shape index (κ1) is 35.7. The molecule has 0 radical (unpaired) electrons. The van der Waals surface area contributed by atoms with Crippen molar-refractivity contribution in [3.8, 4) is 0 Å². The molecule has 4 nitrogen and oxygen atoms in total. The first-order valence-corrected chi connectivity index (χ1v) is 16.1. The van der Waals surface area contributed by atoms with Crippen LogP contribution in [0, 0.1) is 5.92 Å². The van der Waals surface area contributed by atoms with Gasteiger partial charge in [0.05, 0.1) is 18.9 Å². The van der Waals surface area contributed by atoms with Crippen LogP contribution in [0.15, 0.2) is 12.2 Å². The van der Waals surface area contributed by atoms with Crippen LogP contribution in [0.4, 0.5) is 0 Å². The van der Waals surface area contributed by atoms with Crippen molar-refractivity contribution in [3.05, 3.63) is 12.2 Å². The number of carbonyl (C=O) groups excluding carboxylic acids is 1. The van der Waals surface area contributed by atoms with E-state index in [2.05, 4.69) is 19.1 Å². The number of carboxylic acid groups (broad SMARTS) is 1. The van der Waals surface area contributed by atoms with E-state index in [0.29, 0.717) is 13.0 Å². The second kappa shape index (κ2) is 29.2. The van der Waals surface area contributed by atoms with Crippen LogP contribution in [-0.4, -0.2) is 23.7 Å². The van der Waals surface area contributed by atoms with Crippen molar-refractivity contribution in [2.45, 2.75) is 174 Å². The lowest BCUT2D eigenvalue weighted by Gasteiger charge is -2.11. The van der Waals surface area contributed by atoms with Gasteiger partial charge >= 0.3 is 11.9 Å². The Bertz CT molecular complexity index is 528. The molecule has 1 unspecified atom stereocenters. The van der Waals surface area contributed by atoms with Gasteiger partial charge in [-0.3, -0.25) is 9.59 Å². The molecule has 0 saturated carbocycles. The number of unbranched alkanes of at least 4 members (excludes halogenated alkanes) is 20. The summed E-state index contributed by atoms with van der Waals surface area (Å²) in [6.45, 7) is 4.59. The second-order valence-electron chi connectivity index (χ2n) is 11.0. The van der Waals surface area contributed by atoms with Crippen LogP contribution in [0.2, 0.25) is 0 Å². The van der Waals surface area contributed by atoms with Gasteiger partial charge < -0.3 is 9.84 Å². The second-order valence-corrected chi connectivity index (χ2v) is 11.0. The number of ether oxygens (including phenoxy) is 1. The first-order chi connectivity index (χ1) is 18.1. The average molecular weight is 523 g/mol. The Morgan fingerprint density at radius 3 is 1.41 bits per heavy atom. The highest BCUT2D eigenvalue weighted by molar-refractivity contribution is 5.78. The van der Waals surface area contributed by atoms with Gasteiger partial charge in [-0.25, -0.2) is 0 Å². The van der Waals surface area contributed by atoms with Gasteiger partial charge in [0, 0.05) is 0 Å². The molecule has 0 aromatic heterocycles. The van der Waals surface area contributed by atoms with E-state index in [1.54, 1.807) is 0 Å². The molecule has 4 heteroatoms. The van der Waals surface area contributed by atoms with Gasteiger partial charge in [0.15, 0.2) is 0 Å². The molecule has 0 aliphatic rings. The van der Waals surface area contributed by atoms with Gasteiger partial charge in [-0.05, 0) is 38.5 Å². The molecule has 0 aliphatic heterocycles. The largest absolute Gasteiger partial charge is 0.481 e. The number of carbonyl (C=O) groups is 2. The number of allylic oxidation sites excluding steroid dienone is 2. The predicted octanol–water partition coefficient (Wildman–Crippen LogP) is 10.6. The normalized spacial score (nSPS) is 12.3. The molecule has 0 aromatic rings. The van der Waals surface area contributed by atoms with Crippen LogP contribution in [0.1, 0.15) is 174 Å². The highest BCUT2D eigenvalue weighted by Crippen LogP contribution is 2.17. The van der Waals surface area contributed by atoms with Gasteiger partial charge in [-0.15, -0.1) is 0 Å². The molecule has 0 saturated heterocycles. The molecule has 0 fully saturated rings. The molecule has 0 heterocycles. The number of hydrogen-bond donors (Lipinski definition) is 1. The molecule has 218 valence electrons. The summed E-state index contributed by atoms with van der Waals surface area (Å²) in [7, 11) is 0. The van der Waals surface area contributed by atoms with E-state index in [1.807, 2.05) is 6.92 Å². The Kier molecular flexibility index (Phi) is 28.2. The van der Waals surface area contributed by atoms with Crippen LogP contribution >= 0.6 is 0 Å². The van der Waals surface area contributed by atoms with Gasteiger partial charge in [0.1, 0.15) is 0 Å². The SMILES string of the molecule is CCCCCCCCCCCCC/C=C/CCCCCCCCCCCC(CC(=O)OCCC)C(=O)O. The lowest BCUT2D eigenvalue weighted by molar-refractivity contribution is -0.151. The summed E-state index contributed by atoms with van der Waals surface area (Å²) >= 11 is 0. The Balaban J connectivity index is 3.36. The fraction of sp³-hybridized carbons (Fsp3) is 0.879. The quantitative estimate of drug-likeness (QED) is 0.0602. The topological polar surface area (TPSA) is 63.6 Å². The van der Waals surface area contributed by atoms with Crippen LogP contribution in [0.25, 0.3) is 0 Å². The van der Waals surface area contributed by atoms with Crippen molar-refractivity contribution in [1.29, 1.82) is 0 Å². The van der Waals surface area contributed by atoms with Crippen molar-refractivity contribution in [3.63, 3.8) is 0 Å². The van der Waals surface area contributed by atoms with E-state index < -0.39 is 11.9 Å². The van der Waals surface area contributed by atoms with Crippen LogP contribution in [0.5, 0.6) is 0 Å². The Morgan fingerprint density at radius 2 is 1.00 bits per heavy atom. The molecule has 0 aromatic carbocycles. The zero-order valence-corrected chi connectivity index (χ0v) is 24.8. The van der Waals surface area contributed by atoms with Crippen molar-refractivity contribution >= 4 is 11.9 Å². The number of carboxylic acids is 1. The number of esters is 1. The molecule has 0 spiro atoms. The summed E-state index contributed by atoms with van der Waals surface area (Å²) in [4.78, 5) is 23.0. The maximum Gasteiger partial charge on any atom is 0.307 e. The van der Waals surface area contributed by atoms with E-state index >= 15 is 0 Å². The molecular weight excluding hydrogens is 460 g/mol. The van der Waals surface area contributed by atoms with E-state index in [9.17, 15) is 14.7 Å². The van der Waals surface area contributed by atoms with E-state index in [0.717, 1.165) is 25.7 Å². The van der Waals surface area contributed by atoms with Crippen LogP contribution in [-0.2, 0) is 14.3 Å². The molecule has 0 bridgehead atoms. The van der Waals surface area contributed by atoms with Gasteiger partial charge in [-0.2, -0.15) is 0 Å². The van der Waals surface area contributed by atoms with Crippen molar-refractivity contribution in [1.82, 2.24) is 0 Å². The Morgan fingerprint density at radius 1 is 0.595 bits per heavy atom. The summed E-state index contributed by atoms with van der Waals surface area (Å²) in [6, 6.07) is 0. The maximum atomic E-state index is 11.7. The third kappa shape index (κ3) is 27.5. The molecular formula is C33H62O4. The summed E-state index contributed by atoms with van der Waals surface area (Å²) < 4.78 is 5.02. The monoisotopic (exact) mass is 522 g/mol. The smallest absolute Gasteiger partial charge is 0.307 e. The predicted molar refractivity (Wildman–Crippen MR) is 158 cm³/mol. The molecule has 0 aliphatic carbocycles.